The van der Waals surface area contributed by atoms with Crippen LogP contribution in [0.15, 0.2) is 48.7 Å². The first-order valence-electron chi connectivity index (χ1n) is 8.81. The molecule has 0 fully saturated rings. The van der Waals surface area contributed by atoms with Crippen molar-refractivity contribution in [2.24, 2.45) is 0 Å². The molecule has 2 aromatic carbocycles. The number of carbonyl (C=O) groups excluding carboxylic acids is 1. The first-order chi connectivity index (χ1) is 13.4. The van der Waals surface area contributed by atoms with Crippen molar-refractivity contribution in [2.45, 2.75) is 20.0 Å². The Bertz CT molecular complexity index is 993. The zero-order valence-electron chi connectivity index (χ0n) is 15.8. The van der Waals surface area contributed by atoms with E-state index in [9.17, 15) is 4.79 Å². The summed E-state index contributed by atoms with van der Waals surface area (Å²) in [5, 5.41) is 2.95. The summed E-state index contributed by atoms with van der Waals surface area (Å²) >= 11 is 12.6. The number of rotatable bonds is 6. The van der Waals surface area contributed by atoms with E-state index in [-0.39, 0.29) is 0 Å². The maximum Gasteiger partial charge on any atom is 0.347 e. The first-order valence-corrected chi connectivity index (χ1v) is 9.57. The maximum atomic E-state index is 11.7. The molecule has 0 aliphatic heterocycles. The van der Waals surface area contributed by atoms with E-state index >= 15 is 0 Å². The molecule has 0 amide bonds. The summed E-state index contributed by atoms with van der Waals surface area (Å²) in [5.41, 5.74) is 0.874. The van der Waals surface area contributed by atoms with Gasteiger partial charge in [0.05, 0.1) is 11.6 Å². The standard InChI is InChI=1S/C21H20Cl2N2O3/c1-4-27-21(26)13(2)28-17-8-6-16(7-9-17)25(3)20-19(23)18-10-5-15(22)11-14(18)12-24-20/h5-13H,4H2,1-3H3. The number of anilines is 2. The van der Waals surface area contributed by atoms with Gasteiger partial charge in [-0.2, -0.15) is 0 Å². The van der Waals surface area contributed by atoms with Crippen LogP contribution in [0.25, 0.3) is 10.8 Å². The van der Waals surface area contributed by atoms with Gasteiger partial charge in [-0.1, -0.05) is 29.3 Å². The van der Waals surface area contributed by atoms with Gasteiger partial charge in [-0.25, -0.2) is 9.78 Å². The minimum absolute atomic E-state index is 0.321. The summed E-state index contributed by atoms with van der Waals surface area (Å²) < 4.78 is 10.6. The molecular weight excluding hydrogens is 399 g/mol. The molecule has 3 aromatic rings. The van der Waals surface area contributed by atoms with Gasteiger partial charge in [-0.15, -0.1) is 0 Å². The van der Waals surface area contributed by atoms with E-state index in [0.717, 1.165) is 16.5 Å². The smallest absolute Gasteiger partial charge is 0.347 e. The van der Waals surface area contributed by atoms with E-state index in [0.29, 0.717) is 28.2 Å². The van der Waals surface area contributed by atoms with E-state index in [1.54, 1.807) is 38.2 Å². The van der Waals surface area contributed by atoms with E-state index in [2.05, 4.69) is 4.98 Å². The van der Waals surface area contributed by atoms with Crippen molar-refractivity contribution in [3.05, 3.63) is 58.7 Å². The van der Waals surface area contributed by atoms with Crippen molar-refractivity contribution in [2.75, 3.05) is 18.6 Å². The van der Waals surface area contributed by atoms with E-state index in [1.165, 1.54) is 0 Å². The van der Waals surface area contributed by atoms with E-state index in [1.807, 2.05) is 36.2 Å². The Hall–Kier alpha value is -2.50. The van der Waals surface area contributed by atoms with Crippen LogP contribution in [0.2, 0.25) is 10.0 Å². The molecule has 1 heterocycles. The lowest BCUT2D eigenvalue weighted by molar-refractivity contribution is -0.150. The van der Waals surface area contributed by atoms with Gasteiger partial charge in [0.25, 0.3) is 0 Å². The number of halogens is 2. The SMILES string of the molecule is CCOC(=O)C(C)Oc1ccc(N(C)c2ncc3cc(Cl)ccc3c2Cl)cc1. The number of carbonyl (C=O) groups is 1. The zero-order valence-corrected chi connectivity index (χ0v) is 17.3. The lowest BCUT2D eigenvalue weighted by atomic mass is 10.1. The van der Waals surface area contributed by atoms with Gasteiger partial charge < -0.3 is 14.4 Å². The molecule has 5 nitrogen and oxygen atoms in total. The molecule has 0 saturated carbocycles. The van der Waals surface area contributed by atoms with Crippen LogP contribution in [0.5, 0.6) is 5.75 Å². The highest BCUT2D eigenvalue weighted by atomic mass is 35.5. The van der Waals surface area contributed by atoms with Crippen LogP contribution in [-0.2, 0) is 9.53 Å². The van der Waals surface area contributed by atoms with E-state index in [4.69, 9.17) is 32.7 Å². The lowest BCUT2D eigenvalue weighted by Gasteiger charge is -2.21. The lowest BCUT2D eigenvalue weighted by Crippen LogP contribution is -2.26. The first kappa shape index (κ1) is 20.2. The molecule has 7 heteroatoms. The highest BCUT2D eigenvalue weighted by Gasteiger charge is 2.17. The number of nitrogens with zero attached hydrogens (tertiary/aromatic N) is 2. The van der Waals surface area contributed by atoms with Crippen LogP contribution in [0.4, 0.5) is 11.5 Å². The molecule has 28 heavy (non-hydrogen) atoms. The summed E-state index contributed by atoms with van der Waals surface area (Å²) in [6.45, 7) is 3.74. The molecule has 0 aliphatic carbocycles. The minimum Gasteiger partial charge on any atom is -0.479 e. The maximum absolute atomic E-state index is 11.7. The number of ether oxygens (including phenoxy) is 2. The third-order valence-corrected chi connectivity index (χ3v) is 4.85. The van der Waals surface area contributed by atoms with Crippen LogP contribution >= 0.6 is 23.2 Å². The van der Waals surface area contributed by atoms with E-state index < -0.39 is 12.1 Å². The Kier molecular flexibility index (Phi) is 6.27. The molecule has 1 aromatic heterocycles. The van der Waals surface area contributed by atoms with Crippen LogP contribution in [0, 0.1) is 0 Å². The minimum atomic E-state index is -0.674. The predicted octanol–water partition coefficient (Wildman–Crippen LogP) is 5.64. The zero-order chi connectivity index (χ0) is 20.3. The second-order valence-corrected chi connectivity index (χ2v) is 7.01. The topological polar surface area (TPSA) is 51.7 Å². The number of pyridine rings is 1. The Morgan fingerprint density at radius 3 is 2.57 bits per heavy atom. The highest BCUT2D eigenvalue weighted by Crippen LogP contribution is 2.35. The molecule has 0 bridgehead atoms. The van der Waals surface area contributed by atoms with Crippen molar-refractivity contribution in [3.63, 3.8) is 0 Å². The third-order valence-electron chi connectivity index (χ3n) is 4.25. The Morgan fingerprint density at radius 2 is 1.89 bits per heavy atom. The Balaban J connectivity index is 1.80. The van der Waals surface area contributed by atoms with Crippen LogP contribution in [-0.4, -0.2) is 30.7 Å². The number of aromatic nitrogens is 1. The largest absolute Gasteiger partial charge is 0.479 e. The summed E-state index contributed by atoms with van der Waals surface area (Å²) in [4.78, 5) is 18.1. The molecule has 0 saturated heterocycles. The number of fused-ring (bicyclic) bond motifs is 1. The number of benzene rings is 2. The molecule has 1 atom stereocenters. The van der Waals surface area contributed by atoms with Gasteiger partial charge in [0.2, 0.25) is 0 Å². The Morgan fingerprint density at radius 1 is 1.18 bits per heavy atom. The fourth-order valence-corrected chi connectivity index (χ4v) is 3.29. The molecular formula is C21H20Cl2N2O3. The average Bonchev–Trinajstić information content (AvgIpc) is 2.68. The Labute approximate surface area is 173 Å². The van der Waals surface area contributed by atoms with Crippen molar-refractivity contribution < 1.29 is 14.3 Å². The molecule has 0 radical (unpaired) electrons. The van der Waals surface area contributed by atoms with Crippen LogP contribution < -0.4 is 9.64 Å². The fraction of sp³-hybridized carbons (Fsp3) is 0.238. The molecule has 0 spiro atoms. The van der Waals surface area contributed by atoms with Gasteiger partial charge in [0, 0.05) is 34.7 Å². The van der Waals surface area contributed by atoms with Gasteiger partial charge >= 0.3 is 5.97 Å². The normalized spacial score (nSPS) is 11.9. The predicted molar refractivity (Wildman–Crippen MR) is 113 cm³/mol. The number of hydrogen-bond acceptors (Lipinski definition) is 5. The summed E-state index contributed by atoms with van der Waals surface area (Å²) in [6, 6.07) is 12.8. The highest BCUT2D eigenvalue weighted by molar-refractivity contribution is 6.38. The van der Waals surface area contributed by atoms with Crippen molar-refractivity contribution in [1.82, 2.24) is 4.98 Å². The second kappa shape index (κ2) is 8.67. The summed E-state index contributed by atoms with van der Waals surface area (Å²) in [6.07, 6.45) is 1.07. The number of esters is 1. The van der Waals surface area contributed by atoms with Crippen molar-refractivity contribution in [3.8, 4) is 5.75 Å². The van der Waals surface area contributed by atoms with Gasteiger partial charge in [-0.05, 0) is 50.2 Å². The van der Waals surface area contributed by atoms with Crippen LogP contribution in [0.3, 0.4) is 0 Å². The fourth-order valence-electron chi connectivity index (χ4n) is 2.76. The average molecular weight is 419 g/mol. The van der Waals surface area contributed by atoms with Crippen molar-refractivity contribution in [1.29, 1.82) is 0 Å². The molecule has 1 unspecified atom stereocenters. The molecule has 146 valence electrons. The van der Waals surface area contributed by atoms with Crippen molar-refractivity contribution >= 4 is 51.4 Å². The molecule has 0 aliphatic rings. The molecule has 3 rings (SSSR count). The van der Waals surface area contributed by atoms with Gasteiger partial charge in [0.15, 0.2) is 11.9 Å². The monoisotopic (exact) mass is 418 g/mol. The second-order valence-electron chi connectivity index (χ2n) is 6.19. The third kappa shape index (κ3) is 4.32. The summed E-state index contributed by atoms with van der Waals surface area (Å²) in [7, 11) is 1.88. The quantitative estimate of drug-likeness (QED) is 0.484. The summed E-state index contributed by atoms with van der Waals surface area (Å²) in [5.74, 6) is 0.811. The van der Waals surface area contributed by atoms with Gasteiger partial charge in [-0.3, -0.25) is 0 Å². The van der Waals surface area contributed by atoms with Crippen LogP contribution in [0.1, 0.15) is 13.8 Å². The number of hydrogen-bond donors (Lipinski definition) is 0. The molecule has 0 N–H and O–H groups in total. The van der Waals surface area contributed by atoms with Gasteiger partial charge in [0.1, 0.15) is 5.75 Å².